The Balaban J connectivity index is 1.92. The van der Waals surface area contributed by atoms with Gasteiger partial charge in [-0.1, -0.05) is 25.0 Å². The first-order chi connectivity index (χ1) is 14.8. The topological polar surface area (TPSA) is 84.9 Å². The van der Waals surface area contributed by atoms with Gasteiger partial charge in [-0.3, -0.25) is 9.52 Å². The van der Waals surface area contributed by atoms with E-state index >= 15 is 0 Å². The summed E-state index contributed by atoms with van der Waals surface area (Å²) in [6, 6.07) is 11.2. The Morgan fingerprint density at radius 2 is 1.68 bits per heavy atom. The van der Waals surface area contributed by atoms with Gasteiger partial charge in [0.05, 0.1) is 29.4 Å². The zero-order valence-electron chi connectivity index (χ0n) is 18.3. The number of nitrogens with zero attached hydrogens (tertiary/aromatic N) is 1. The van der Waals surface area contributed by atoms with Crippen molar-refractivity contribution in [1.29, 1.82) is 0 Å². The monoisotopic (exact) mass is 446 g/mol. The van der Waals surface area contributed by atoms with Crippen molar-refractivity contribution < 1.29 is 22.7 Å². The number of para-hydroxylation sites is 2. The molecule has 1 aliphatic heterocycles. The molecule has 2 aromatic rings. The molecule has 0 saturated carbocycles. The number of hydrogen-bond acceptors (Lipinski definition) is 5. The van der Waals surface area contributed by atoms with Crippen molar-refractivity contribution in [3.63, 3.8) is 0 Å². The number of carbonyl (C=O) groups excluding carboxylic acids is 1. The molecule has 7 nitrogen and oxygen atoms in total. The van der Waals surface area contributed by atoms with Gasteiger partial charge in [0.2, 0.25) is 0 Å². The number of anilines is 1. The van der Waals surface area contributed by atoms with E-state index in [4.69, 9.17) is 9.47 Å². The summed E-state index contributed by atoms with van der Waals surface area (Å²) in [6.07, 6.45) is 3.97. The molecule has 0 bridgehead atoms. The van der Waals surface area contributed by atoms with Crippen LogP contribution < -0.4 is 14.2 Å². The molecule has 0 radical (unpaired) electrons. The van der Waals surface area contributed by atoms with Gasteiger partial charge in [-0.05, 0) is 57.0 Å². The molecule has 1 amide bonds. The summed E-state index contributed by atoms with van der Waals surface area (Å²) in [5, 5.41) is 0. The molecule has 168 valence electrons. The molecular formula is C23H30N2O5S. The van der Waals surface area contributed by atoms with E-state index < -0.39 is 10.0 Å². The number of amides is 1. The van der Waals surface area contributed by atoms with Crippen LogP contribution in [0.2, 0.25) is 0 Å². The summed E-state index contributed by atoms with van der Waals surface area (Å²) in [5.74, 6) is 0.589. The lowest BCUT2D eigenvalue weighted by molar-refractivity contribution is 0.0758. The summed E-state index contributed by atoms with van der Waals surface area (Å²) >= 11 is 0. The minimum atomic E-state index is -3.95. The fourth-order valence-electron chi connectivity index (χ4n) is 3.58. The highest BCUT2D eigenvalue weighted by molar-refractivity contribution is 7.92. The summed E-state index contributed by atoms with van der Waals surface area (Å²) in [7, 11) is -2.47. The maximum absolute atomic E-state index is 13.2. The van der Waals surface area contributed by atoms with Crippen LogP contribution in [0.1, 0.15) is 49.9 Å². The Kier molecular flexibility index (Phi) is 7.43. The lowest BCUT2D eigenvalue weighted by atomic mass is 10.1. The number of benzene rings is 2. The standard InChI is InChI=1S/C23H30N2O5S/c1-17(2)30-22-11-7-6-10-20(22)24-31(27,28)18-12-13-21(29-3)19(16-18)23(26)25-14-8-4-5-9-15-25/h6-7,10-13,16-17,24H,4-5,8-9,14-15H2,1-3H3. The second kappa shape index (κ2) is 10.0. The van der Waals surface area contributed by atoms with Gasteiger partial charge in [-0.15, -0.1) is 0 Å². The first-order valence-corrected chi connectivity index (χ1v) is 12.1. The Morgan fingerprint density at radius 1 is 1.00 bits per heavy atom. The maximum atomic E-state index is 13.2. The van der Waals surface area contributed by atoms with E-state index in [1.807, 2.05) is 13.8 Å². The smallest absolute Gasteiger partial charge is 0.262 e. The molecule has 3 rings (SSSR count). The van der Waals surface area contributed by atoms with Gasteiger partial charge < -0.3 is 14.4 Å². The molecule has 0 unspecified atom stereocenters. The molecule has 0 aromatic heterocycles. The van der Waals surface area contributed by atoms with Crippen LogP contribution in [-0.4, -0.2) is 45.5 Å². The van der Waals surface area contributed by atoms with Gasteiger partial charge in [0.15, 0.2) is 0 Å². The average Bonchev–Trinajstić information content (AvgIpc) is 3.03. The van der Waals surface area contributed by atoms with E-state index in [1.165, 1.54) is 25.3 Å². The van der Waals surface area contributed by atoms with Crippen molar-refractivity contribution >= 4 is 21.6 Å². The third-order valence-corrected chi connectivity index (χ3v) is 6.46. The molecule has 2 aromatic carbocycles. The largest absolute Gasteiger partial charge is 0.496 e. The highest BCUT2D eigenvalue weighted by Gasteiger charge is 2.24. The molecule has 1 aliphatic rings. The number of methoxy groups -OCH3 is 1. The van der Waals surface area contributed by atoms with Crippen molar-refractivity contribution in [1.82, 2.24) is 4.90 Å². The third kappa shape index (κ3) is 5.70. The second-order valence-corrected chi connectivity index (χ2v) is 9.52. The maximum Gasteiger partial charge on any atom is 0.262 e. The molecule has 0 atom stereocenters. The van der Waals surface area contributed by atoms with Crippen molar-refractivity contribution in [2.24, 2.45) is 0 Å². The van der Waals surface area contributed by atoms with Crippen molar-refractivity contribution in [3.8, 4) is 11.5 Å². The third-order valence-electron chi connectivity index (χ3n) is 5.10. The number of nitrogens with one attached hydrogen (secondary N) is 1. The molecule has 1 heterocycles. The van der Waals surface area contributed by atoms with Crippen LogP contribution in [0.25, 0.3) is 0 Å². The predicted molar refractivity (Wildman–Crippen MR) is 120 cm³/mol. The van der Waals surface area contributed by atoms with E-state index in [2.05, 4.69) is 4.72 Å². The van der Waals surface area contributed by atoms with E-state index in [1.54, 1.807) is 29.2 Å². The summed E-state index contributed by atoms with van der Waals surface area (Å²) in [6.45, 7) is 5.07. The van der Waals surface area contributed by atoms with Crippen LogP contribution in [0.3, 0.4) is 0 Å². The number of likely N-dealkylation sites (tertiary alicyclic amines) is 1. The Bertz CT molecular complexity index is 1010. The first kappa shape index (κ1) is 22.9. The minimum Gasteiger partial charge on any atom is -0.496 e. The van der Waals surface area contributed by atoms with Crippen molar-refractivity contribution in [2.45, 2.75) is 50.5 Å². The minimum absolute atomic E-state index is 0.00850. The second-order valence-electron chi connectivity index (χ2n) is 7.84. The first-order valence-electron chi connectivity index (χ1n) is 10.6. The molecular weight excluding hydrogens is 416 g/mol. The van der Waals surface area contributed by atoms with Gasteiger partial charge in [0, 0.05) is 13.1 Å². The van der Waals surface area contributed by atoms with Gasteiger partial charge >= 0.3 is 0 Å². The molecule has 1 fully saturated rings. The molecule has 0 aliphatic carbocycles. The van der Waals surface area contributed by atoms with Crippen LogP contribution in [0.15, 0.2) is 47.4 Å². The molecule has 1 saturated heterocycles. The van der Waals surface area contributed by atoms with E-state index in [9.17, 15) is 13.2 Å². The number of rotatable bonds is 7. The molecule has 0 spiro atoms. The average molecular weight is 447 g/mol. The van der Waals surface area contributed by atoms with E-state index in [-0.39, 0.29) is 22.5 Å². The van der Waals surface area contributed by atoms with Crippen LogP contribution in [-0.2, 0) is 10.0 Å². The van der Waals surface area contributed by atoms with E-state index in [0.717, 1.165) is 25.7 Å². The van der Waals surface area contributed by atoms with Gasteiger partial charge in [0.1, 0.15) is 11.5 Å². The lowest BCUT2D eigenvalue weighted by Gasteiger charge is -2.22. The van der Waals surface area contributed by atoms with Crippen molar-refractivity contribution in [3.05, 3.63) is 48.0 Å². The molecule has 31 heavy (non-hydrogen) atoms. The number of carbonyl (C=O) groups is 1. The molecule has 8 heteroatoms. The van der Waals surface area contributed by atoms with Crippen LogP contribution in [0.4, 0.5) is 5.69 Å². The normalized spacial score (nSPS) is 14.8. The number of ether oxygens (including phenoxy) is 2. The SMILES string of the molecule is COc1ccc(S(=O)(=O)Nc2ccccc2OC(C)C)cc1C(=O)N1CCCCCC1. The fraction of sp³-hybridized carbons (Fsp3) is 0.435. The molecule has 1 N–H and O–H groups in total. The van der Waals surface area contributed by atoms with Crippen LogP contribution in [0.5, 0.6) is 11.5 Å². The Hall–Kier alpha value is -2.74. The zero-order valence-corrected chi connectivity index (χ0v) is 19.1. The van der Waals surface area contributed by atoms with E-state index in [0.29, 0.717) is 30.3 Å². The van der Waals surface area contributed by atoms with Gasteiger partial charge in [-0.2, -0.15) is 0 Å². The van der Waals surface area contributed by atoms with Gasteiger partial charge in [0.25, 0.3) is 15.9 Å². The quantitative estimate of drug-likeness (QED) is 0.685. The highest BCUT2D eigenvalue weighted by Crippen LogP contribution is 2.30. The summed E-state index contributed by atoms with van der Waals surface area (Å²) in [4.78, 5) is 14.9. The zero-order chi connectivity index (χ0) is 22.4. The summed E-state index contributed by atoms with van der Waals surface area (Å²) < 4.78 is 39.9. The summed E-state index contributed by atoms with van der Waals surface area (Å²) in [5.41, 5.74) is 0.589. The lowest BCUT2D eigenvalue weighted by Crippen LogP contribution is -2.32. The number of hydrogen-bond donors (Lipinski definition) is 1. The Morgan fingerprint density at radius 3 is 2.32 bits per heavy atom. The van der Waals surface area contributed by atoms with Crippen molar-refractivity contribution in [2.75, 3.05) is 24.9 Å². The van der Waals surface area contributed by atoms with Crippen LogP contribution in [0, 0.1) is 0 Å². The Labute approximate surface area is 184 Å². The highest BCUT2D eigenvalue weighted by atomic mass is 32.2. The number of sulfonamides is 1. The predicted octanol–water partition coefficient (Wildman–Crippen LogP) is 4.30. The fourth-order valence-corrected chi connectivity index (χ4v) is 4.67. The van der Waals surface area contributed by atoms with Crippen LogP contribution >= 0.6 is 0 Å². The van der Waals surface area contributed by atoms with Gasteiger partial charge in [-0.25, -0.2) is 8.42 Å².